The number of rotatable bonds is 7. The summed E-state index contributed by atoms with van der Waals surface area (Å²) in [5.74, 6) is 1.51. The molecule has 0 aromatic heterocycles. The van der Waals surface area contributed by atoms with Crippen LogP contribution in [0.4, 0.5) is 5.69 Å². The Bertz CT molecular complexity index is 584. The van der Waals surface area contributed by atoms with Crippen LogP contribution in [0.2, 0.25) is 0 Å². The third kappa shape index (κ3) is 3.65. The maximum absolute atomic E-state index is 12.6. The average molecular weight is 334 g/mol. The number of carbonyl (C=O) groups is 1. The molecule has 1 aromatic carbocycles. The number of carbonyl (C=O) groups excluding carboxylic acids is 1. The summed E-state index contributed by atoms with van der Waals surface area (Å²) in [6.07, 6.45) is 3.20. The molecular weight excluding hydrogens is 308 g/mol. The maximum Gasteiger partial charge on any atom is 0.228 e. The van der Waals surface area contributed by atoms with Gasteiger partial charge in [-0.15, -0.1) is 0 Å². The molecule has 1 unspecified atom stereocenters. The van der Waals surface area contributed by atoms with Gasteiger partial charge in [0, 0.05) is 24.8 Å². The molecule has 0 bridgehead atoms. The predicted molar refractivity (Wildman–Crippen MR) is 91.6 cm³/mol. The van der Waals surface area contributed by atoms with Gasteiger partial charge in [0.1, 0.15) is 6.61 Å². The zero-order valence-electron chi connectivity index (χ0n) is 14.4. The number of hydrogen-bond donors (Lipinski definition) is 2. The Kier molecular flexibility index (Phi) is 5.26. The molecule has 1 amide bonds. The SMILES string of the molecule is COCCOc1cc(NC(=O)C2CC23CCNCC3)ccc1OC. The number of piperidine rings is 1. The fourth-order valence-corrected chi connectivity index (χ4v) is 3.53. The van der Waals surface area contributed by atoms with Crippen LogP contribution >= 0.6 is 0 Å². The average Bonchev–Trinajstić information content (AvgIpc) is 3.29. The van der Waals surface area contributed by atoms with Crippen molar-refractivity contribution >= 4 is 11.6 Å². The smallest absolute Gasteiger partial charge is 0.228 e. The number of amides is 1. The van der Waals surface area contributed by atoms with Crippen LogP contribution < -0.4 is 20.1 Å². The molecule has 1 atom stereocenters. The number of methoxy groups -OCH3 is 2. The lowest BCUT2D eigenvalue weighted by Crippen LogP contribution is -2.31. The summed E-state index contributed by atoms with van der Waals surface area (Å²) in [5, 5.41) is 6.39. The van der Waals surface area contributed by atoms with E-state index in [1.165, 1.54) is 0 Å². The van der Waals surface area contributed by atoms with Crippen LogP contribution in [-0.2, 0) is 9.53 Å². The van der Waals surface area contributed by atoms with Gasteiger partial charge in [-0.3, -0.25) is 4.79 Å². The third-order valence-electron chi connectivity index (χ3n) is 5.08. The minimum absolute atomic E-state index is 0.116. The molecule has 1 aromatic rings. The predicted octanol–water partition coefficient (Wildman–Crippen LogP) is 2.05. The lowest BCUT2D eigenvalue weighted by atomic mass is 9.92. The van der Waals surface area contributed by atoms with Gasteiger partial charge in [-0.05, 0) is 49.9 Å². The van der Waals surface area contributed by atoms with Crippen LogP contribution in [0.25, 0.3) is 0 Å². The molecule has 24 heavy (non-hydrogen) atoms. The van der Waals surface area contributed by atoms with Crippen LogP contribution in [0.15, 0.2) is 18.2 Å². The zero-order valence-corrected chi connectivity index (χ0v) is 14.4. The number of benzene rings is 1. The van der Waals surface area contributed by atoms with Crippen molar-refractivity contribution in [3.8, 4) is 11.5 Å². The van der Waals surface area contributed by atoms with Crippen molar-refractivity contribution in [1.82, 2.24) is 5.32 Å². The number of ether oxygens (including phenoxy) is 3. The standard InChI is InChI=1S/C18H26N2O4/c1-22-9-10-24-16-11-13(3-4-15(16)23-2)20-17(21)14-12-18(14)5-7-19-8-6-18/h3-4,11,14,19H,5-10,12H2,1-2H3,(H,20,21). The van der Waals surface area contributed by atoms with Gasteiger partial charge >= 0.3 is 0 Å². The summed E-state index contributed by atoms with van der Waals surface area (Å²) in [5.41, 5.74) is 0.976. The quantitative estimate of drug-likeness (QED) is 0.747. The van der Waals surface area contributed by atoms with Crippen molar-refractivity contribution in [2.24, 2.45) is 11.3 Å². The fourth-order valence-electron chi connectivity index (χ4n) is 3.53. The summed E-state index contributed by atoms with van der Waals surface area (Å²) in [4.78, 5) is 12.6. The summed E-state index contributed by atoms with van der Waals surface area (Å²) in [6.45, 7) is 2.97. The highest BCUT2D eigenvalue weighted by molar-refractivity contribution is 5.95. The second kappa shape index (κ2) is 7.40. The third-order valence-corrected chi connectivity index (χ3v) is 5.08. The largest absolute Gasteiger partial charge is 0.493 e. The second-order valence-electron chi connectivity index (χ2n) is 6.57. The number of hydrogen-bond acceptors (Lipinski definition) is 5. The molecule has 3 rings (SSSR count). The molecule has 1 saturated carbocycles. The van der Waals surface area contributed by atoms with E-state index in [1.807, 2.05) is 18.2 Å². The summed E-state index contributed by atoms with van der Waals surface area (Å²) in [6, 6.07) is 5.46. The molecule has 2 aliphatic rings. The van der Waals surface area contributed by atoms with Gasteiger partial charge in [-0.1, -0.05) is 0 Å². The van der Waals surface area contributed by atoms with Gasteiger partial charge < -0.3 is 24.8 Å². The highest BCUT2D eigenvalue weighted by atomic mass is 16.5. The van der Waals surface area contributed by atoms with E-state index in [2.05, 4.69) is 10.6 Å². The van der Waals surface area contributed by atoms with Crippen molar-refractivity contribution in [2.75, 3.05) is 45.8 Å². The monoisotopic (exact) mass is 334 g/mol. The molecule has 1 spiro atoms. The van der Waals surface area contributed by atoms with Crippen LogP contribution in [0, 0.1) is 11.3 Å². The van der Waals surface area contributed by atoms with E-state index in [0.29, 0.717) is 24.7 Å². The molecule has 1 heterocycles. The molecular formula is C18H26N2O4. The van der Waals surface area contributed by atoms with E-state index in [9.17, 15) is 4.79 Å². The van der Waals surface area contributed by atoms with E-state index < -0.39 is 0 Å². The minimum Gasteiger partial charge on any atom is -0.493 e. The van der Waals surface area contributed by atoms with Crippen LogP contribution in [-0.4, -0.2) is 46.4 Å². The summed E-state index contributed by atoms with van der Waals surface area (Å²) < 4.78 is 16.0. The molecule has 1 saturated heterocycles. The Labute approximate surface area is 142 Å². The topological polar surface area (TPSA) is 68.8 Å². The first-order valence-corrected chi connectivity index (χ1v) is 8.50. The first-order chi connectivity index (χ1) is 11.7. The highest BCUT2D eigenvalue weighted by Crippen LogP contribution is 2.58. The maximum atomic E-state index is 12.6. The zero-order chi connectivity index (χ0) is 17.0. The Balaban J connectivity index is 1.62. The van der Waals surface area contributed by atoms with Gasteiger partial charge in [-0.2, -0.15) is 0 Å². The van der Waals surface area contributed by atoms with E-state index in [0.717, 1.165) is 38.0 Å². The van der Waals surface area contributed by atoms with Crippen molar-refractivity contribution in [1.29, 1.82) is 0 Å². The lowest BCUT2D eigenvalue weighted by molar-refractivity contribution is -0.118. The molecule has 0 radical (unpaired) electrons. The van der Waals surface area contributed by atoms with Crippen LogP contribution in [0.5, 0.6) is 11.5 Å². The molecule has 2 fully saturated rings. The van der Waals surface area contributed by atoms with Crippen molar-refractivity contribution in [2.45, 2.75) is 19.3 Å². The van der Waals surface area contributed by atoms with Gasteiger partial charge in [0.05, 0.1) is 13.7 Å². The number of nitrogens with one attached hydrogen (secondary N) is 2. The fraction of sp³-hybridized carbons (Fsp3) is 0.611. The van der Waals surface area contributed by atoms with Gasteiger partial charge in [0.15, 0.2) is 11.5 Å². The normalized spacial score (nSPS) is 21.3. The van der Waals surface area contributed by atoms with Gasteiger partial charge in [0.25, 0.3) is 0 Å². The van der Waals surface area contributed by atoms with Crippen molar-refractivity contribution in [3.63, 3.8) is 0 Å². The number of anilines is 1. The first kappa shape index (κ1) is 17.0. The Morgan fingerprint density at radius 3 is 2.75 bits per heavy atom. The van der Waals surface area contributed by atoms with Gasteiger partial charge in [0.2, 0.25) is 5.91 Å². The van der Waals surface area contributed by atoms with Crippen LogP contribution in [0.1, 0.15) is 19.3 Å². The van der Waals surface area contributed by atoms with E-state index in [-0.39, 0.29) is 17.2 Å². The minimum atomic E-state index is 0.116. The molecule has 6 nitrogen and oxygen atoms in total. The molecule has 6 heteroatoms. The van der Waals surface area contributed by atoms with Crippen molar-refractivity contribution < 1.29 is 19.0 Å². The summed E-state index contributed by atoms with van der Waals surface area (Å²) >= 11 is 0. The van der Waals surface area contributed by atoms with Crippen molar-refractivity contribution in [3.05, 3.63) is 18.2 Å². The molecule has 2 N–H and O–H groups in total. The molecule has 1 aliphatic carbocycles. The molecule has 1 aliphatic heterocycles. The van der Waals surface area contributed by atoms with E-state index in [4.69, 9.17) is 14.2 Å². The summed E-state index contributed by atoms with van der Waals surface area (Å²) in [7, 11) is 3.23. The van der Waals surface area contributed by atoms with E-state index >= 15 is 0 Å². The second-order valence-corrected chi connectivity index (χ2v) is 6.57. The first-order valence-electron chi connectivity index (χ1n) is 8.50. The Morgan fingerprint density at radius 1 is 1.25 bits per heavy atom. The molecule has 132 valence electrons. The Morgan fingerprint density at radius 2 is 2.04 bits per heavy atom. The van der Waals surface area contributed by atoms with Crippen LogP contribution in [0.3, 0.4) is 0 Å². The lowest BCUT2D eigenvalue weighted by Gasteiger charge is -2.23. The Hall–Kier alpha value is -1.79. The van der Waals surface area contributed by atoms with E-state index in [1.54, 1.807) is 14.2 Å². The van der Waals surface area contributed by atoms with Gasteiger partial charge in [-0.25, -0.2) is 0 Å². The highest BCUT2D eigenvalue weighted by Gasteiger charge is 2.57.